The van der Waals surface area contributed by atoms with Gasteiger partial charge in [0.1, 0.15) is 17.1 Å². The van der Waals surface area contributed by atoms with Crippen molar-refractivity contribution in [2.45, 2.75) is 31.7 Å². The molecule has 212 valence electrons. The molecule has 4 rings (SSSR count). The number of pyridine rings is 1. The lowest BCUT2D eigenvalue weighted by Gasteiger charge is -2.23. The number of aromatic nitrogens is 3. The van der Waals surface area contributed by atoms with E-state index in [9.17, 15) is 31.9 Å². The summed E-state index contributed by atoms with van der Waals surface area (Å²) in [5, 5.41) is 12.1. The molecule has 16 heteroatoms. The first kappa shape index (κ1) is 28.3. The Hall–Kier alpha value is -4.73. The molecule has 0 bridgehead atoms. The first-order valence-electron chi connectivity index (χ1n) is 11.9. The van der Waals surface area contributed by atoms with Crippen molar-refractivity contribution < 1.29 is 36.7 Å². The van der Waals surface area contributed by atoms with Crippen LogP contribution in [0.3, 0.4) is 0 Å². The Kier molecular flexibility index (Phi) is 8.18. The van der Waals surface area contributed by atoms with Crippen molar-refractivity contribution >= 4 is 34.9 Å². The lowest BCUT2D eigenvalue weighted by Crippen LogP contribution is -2.30. The number of hydrogen-bond acceptors (Lipinski definition) is 8. The summed E-state index contributed by atoms with van der Waals surface area (Å²) < 4.78 is 56.5. The van der Waals surface area contributed by atoms with Crippen LogP contribution in [0.2, 0.25) is 0 Å². The highest BCUT2D eigenvalue weighted by atomic mass is 19.4. The maximum Gasteiger partial charge on any atom is 0.573 e. The summed E-state index contributed by atoms with van der Waals surface area (Å²) in [7, 11) is 0. The van der Waals surface area contributed by atoms with Crippen molar-refractivity contribution in [3.63, 3.8) is 0 Å². The van der Waals surface area contributed by atoms with Crippen LogP contribution >= 0.6 is 0 Å². The minimum absolute atomic E-state index is 0.00796. The van der Waals surface area contributed by atoms with Gasteiger partial charge in [0, 0.05) is 0 Å². The number of hydrogen-bond donors (Lipinski definition) is 5. The minimum Gasteiger partial charge on any atom is -0.406 e. The number of benzene rings is 1. The highest BCUT2D eigenvalue weighted by molar-refractivity contribution is 6.13. The first-order chi connectivity index (χ1) is 18.9. The van der Waals surface area contributed by atoms with Gasteiger partial charge in [-0.15, -0.1) is 13.2 Å². The zero-order valence-corrected chi connectivity index (χ0v) is 20.7. The number of carbonyl (C=O) groups is 3. The number of carbonyl (C=O) groups excluding carboxylic acids is 3. The van der Waals surface area contributed by atoms with E-state index < -0.39 is 47.2 Å². The summed E-state index contributed by atoms with van der Waals surface area (Å²) in [5.41, 5.74) is 10.8. The number of piperidine rings is 1. The Morgan fingerprint density at radius 2 is 1.80 bits per heavy atom. The number of halogens is 4. The SMILES string of the molecule is NC(=O)c1c(C(=O)Nc2cc(NC(=O)Cc3ccc(OC(F)(F)F)cc3)cnc2F)nn(C2CCNCC2)c1N. The Balaban J connectivity index is 1.46. The fraction of sp³-hybridized carbons (Fsp3) is 0.292. The molecule has 40 heavy (non-hydrogen) atoms. The first-order valence-corrected chi connectivity index (χ1v) is 11.9. The molecule has 0 unspecified atom stereocenters. The number of rotatable bonds is 8. The molecule has 3 aromatic rings. The third-order valence-corrected chi connectivity index (χ3v) is 5.96. The molecule has 1 fully saturated rings. The molecule has 0 radical (unpaired) electrons. The van der Waals surface area contributed by atoms with Gasteiger partial charge in [-0.3, -0.25) is 14.4 Å². The van der Waals surface area contributed by atoms with Crippen LogP contribution < -0.4 is 32.2 Å². The second kappa shape index (κ2) is 11.6. The topological polar surface area (TPSA) is 179 Å². The van der Waals surface area contributed by atoms with Crippen molar-refractivity contribution in [1.82, 2.24) is 20.1 Å². The van der Waals surface area contributed by atoms with Crippen LogP contribution in [0.1, 0.15) is 45.3 Å². The lowest BCUT2D eigenvalue weighted by atomic mass is 10.1. The molecular formula is C24H24F4N8O4. The maximum absolute atomic E-state index is 14.4. The molecule has 12 nitrogen and oxygen atoms in total. The Morgan fingerprint density at radius 3 is 2.42 bits per heavy atom. The van der Waals surface area contributed by atoms with Crippen LogP contribution in [0.5, 0.6) is 5.75 Å². The second-order valence-corrected chi connectivity index (χ2v) is 8.83. The molecule has 3 amide bonds. The number of nitrogens with zero attached hydrogens (tertiary/aromatic N) is 3. The van der Waals surface area contributed by atoms with Crippen molar-refractivity contribution in [2.24, 2.45) is 5.73 Å². The van der Waals surface area contributed by atoms with Gasteiger partial charge in [0.15, 0.2) is 5.69 Å². The second-order valence-electron chi connectivity index (χ2n) is 8.83. The fourth-order valence-corrected chi connectivity index (χ4v) is 4.16. The molecule has 1 aromatic carbocycles. The third kappa shape index (κ3) is 6.82. The van der Waals surface area contributed by atoms with Gasteiger partial charge in [-0.1, -0.05) is 12.1 Å². The summed E-state index contributed by atoms with van der Waals surface area (Å²) in [6.07, 6.45) is -2.78. The standard InChI is InChI=1S/C24H24F4N8O4/c25-20-16(34-23(39)19-18(22(30)38)21(29)36(35-19)14-5-7-31-8-6-14)10-13(11-32-20)33-17(37)9-12-1-3-15(4-2-12)40-24(26,27)28/h1-4,10-11,14,31H,5-9,29H2,(H2,30,38)(H,33,37)(H,34,39). The summed E-state index contributed by atoms with van der Waals surface area (Å²) in [6, 6.07) is 5.59. The van der Waals surface area contributed by atoms with Crippen LogP contribution in [0.4, 0.5) is 34.8 Å². The largest absolute Gasteiger partial charge is 0.573 e. The number of nitrogen functional groups attached to an aromatic ring is 1. The van der Waals surface area contributed by atoms with Gasteiger partial charge in [-0.25, -0.2) is 9.67 Å². The van der Waals surface area contributed by atoms with Gasteiger partial charge in [0.2, 0.25) is 11.9 Å². The van der Waals surface area contributed by atoms with Crippen LogP contribution in [0, 0.1) is 5.95 Å². The van der Waals surface area contributed by atoms with Gasteiger partial charge in [0.05, 0.1) is 30.0 Å². The quantitative estimate of drug-likeness (QED) is 0.204. The number of anilines is 3. The molecule has 0 spiro atoms. The number of ether oxygens (including phenoxy) is 1. The highest BCUT2D eigenvalue weighted by Gasteiger charge is 2.31. The normalized spacial score (nSPS) is 14.0. The van der Waals surface area contributed by atoms with Crippen LogP contribution in [-0.4, -0.2) is 51.9 Å². The van der Waals surface area contributed by atoms with Gasteiger partial charge >= 0.3 is 6.36 Å². The Bertz CT molecular complexity index is 1420. The van der Waals surface area contributed by atoms with E-state index in [1.165, 1.54) is 16.8 Å². The van der Waals surface area contributed by atoms with E-state index in [0.717, 1.165) is 24.4 Å². The minimum atomic E-state index is -4.84. The molecule has 1 aliphatic heterocycles. The van der Waals surface area contributed by atoms with E-state index in [4.69, 9.17) is 11.5 Å². The molecule has 1 saturated heterocycles. The fourth-order valence-electron chi connectivity index (χ4n) is 4.16. The van der Waals surface area contributed by atoms with Gasteiger partial charge in [-0.2, -0.15) is 9.49 Å². The van der Waals surface area contributed by atoms with E-state index >= 15 is 0 Å². The van der Waals surface area contributed by atoms with Crippen LogP contribution in [0.25, 0.3) is 0 Å². The highest BCUT2D eigenvalue weighted by Crippen LogP contribution is 2.27. The van der Waals surface area contributed by atoms with Crippen LogP contribution in [0.15, 0.2) is 36.5 Å². The average Bonchev–Trinajstić information content (AvgIpc) is 3.24. The summed E-state index contributed by atoms with van der Waals surface area (Å²) in [6.45, 7) is 1.37. The van der Waals surface area contributed by atoms with Gasteiger partial charge in [-0.05, 0) is 49.7 Å². The third-order valence-electron chi connectivity index (χ3n) is 5.96. The smallest absolute Gasteiger partial charge is 0.406 e. The van der Waals surface area contributed by atoms with Crippen molar-refractivity contribution in [1.29, 1.82) is 0 Å². The number of alkyl halides is 3. The predicted molar refractivity (Wildman–Crippen MR) is 134 cm³/mol. The summed E-state index contributed by atoms with van der Waals surface area (Å²) in [4.78, 5) is 41.0. The van der Waals surface area contributed by atoms with E-state index in [2.05, 4.69) is 30.8 Å². The molecule has 0 aliphatic carbocycles. The molecule has 0 atom stereocenters. The summed E-state index contributed by atoms with van der Waals surface area (Å²) in [5.74, 6) is -4.17. The number of amides is 3. The van der Waals surface area contributed by atoms with Crippen molar-refractivity contribution in [2.75, 3.05) is 29.5 Å². The van der Waals surface area contributed by atoms with Gasteiger partial charge in [0.25, 0.3) is 11.8 Å². The monoisotopic (exact) mass is 564 g/mol. The molecule has 2 aromatic heterocycles. The summed E-state index contributed by atoms with van der Waals surface area (Å²) >= 11 is 0. The number of nitrogens with two attached hydrogens (primary N) is 2. The van der Waals surface area contributed by atoms with E-state index in [1.54, 1.807) is 0 Å². The Labute approximate surface area is 224 Å². The maximum atomic E-state index is 14.4. The van der Waals surface area contributed by atoms with Crippen LogP contribution in [-0.2, 0) is 11.2 Å². The predicted octanol–water partition coefficient (Wildman–Crippen LogP) is 2.35. The molecule has 1 aliphatic rings. The average molecular weight is 564 g/mol. The molecule has 7 N–H and O–H groups in total. The molecule has 3 heterocycles. The van der Waals surface area contributed by atoms with Crippen molar-refractivity contribution in [3.8, 4) is 5.75 Å². The number of nitrogens with one attached hydrogen (secondary N) is 3. The molecular weight excluding hydrogens is 540 g/mol. The zero-order valence-electron chi connectivity index (χ0n) is 20.7. The van der Waals surface area contributed by atoms with E-state index in [0.29, 0.717) is 31.5 Å². The number of primary amides is 1. The Morgan fingerprint density at radius 1 is 1.12 bits per heavy atom. The molecule has 0 saturated carbocycles. The lowest BCUT2D eigenvalue weighted by molar-refractivity contribution is -0.274. The van der Waals surface area contributed by atoms with Crippen molar-refractivity contribution in [3.05, 3.63) is 59.3 Å². The van der Waals surface area contributed by atoms with E-state index in [-0.39, 0.29) is 29.5 Å². The van der Waals surface area contributed by atoms with E-state index in [1.807, 2.05) is 0 Å². The van der Waals surface area contributed by atoms with Gasteiger partial charge < -0.3 is 32.2 Å². The zero-order chi connectivity index (χ0) is 29.0.